The van der Waals surface area contributed by atoms with Gasteiger partial charge < -0.3 is 4.90 Å². The molecule has 1 fully saturated rings. The summed E-state index contributed by atoms with van der Waals surface area (Å²) in [6.45, 7) is 1.39. The van der Waals surface area contributed by atoms with Crippen molar-refractivity contribution in [2.24, 2.45) is 0 Å². The average Bonchev–Trinajstić information content (AvgIpc) is 3.24. The van der Waals surface area contributed by atoms with Gasteiger partial charge in [0.2, 0.25) is 0 Å². The van der Waals surface area contributed by atoms with Crippen molar-refractivity contribution in [2.45, 2.75) is 19.3 Å². The second kappa shape index (κ2) is 5.12. The first-order chi connectivity index (χ1) is 11.4. The van der Waals surface area contributed by atoms with Crippen LogP contribution >= 0.6 is 0 Å². The summed E-state index contributed by atoms with van der Waals surface area (Å²) in [5.41, 5.74) is 3.55. The number of aromatic amines is 2. The molecule has 4 rings (SSSR count). The maximum absolute atomic E-state index is 13.5. The van der Waals surface area contributed by atoms with Crippen LogP contribution in [0, 0.1) is 6.92 Å². The van der Waals surface area contributed by atoms with Gasteiger partial charge in [-0.2, -0.15) is 10.2 Å². The highest BCUT2D eigenvalue weighted by atomic mass is 19.3. The highest BCUT2D eigenvalue weighted by molar-refractivity contribution is 6.08. The van der Waals surface area contributed by atoms with E-state index in [1.807, 2.05) is 13.0 Å². The molecule has 0 spiro atoms. The Morgan fingerprint density at radius 3 is 2.71 bits per heavy atom. The number of nitrogens with one attached hydrogen (secondary N) is 2. The lowest BCUT2D eigenvalue weighted by molar-refractivity contribution is 0.0120. The van der Waals surface area contributed by atoms with E-state index in [0.29, 0.717) is 16.5 Å². The number of H-pyrrole nitrogens is 2. The van der Waals surface area contributed by atoms with E-state index in [2.05, 4.69) is 20.4 Å². The Labute approximate surface area is 135 Å². The van der Waals surface area contributed by atoms with Crippen LogP contribution in [0.2, 0.25) is 0 Å². The van der Waals surface area contributed by atoms with Crippen molar-refractivity contribution in [3.63, 3.8) is 0 Å². The van der Waals surface area contributed by atoms with Crippen molar-refractivity contribution in [2.75, 3.05) is 13.1 Å². The number of carbonyl (C=O) groups is 1. The Bertz CT molecular complexity index is 930. The van der Waals surface area contributed by atoms with Crippen LogP contribution in [0.25, 0.3) is 22.0 Å². The molecule has 1 saturated heterocycles. The summed E-state index contributed by atoms with van der Waals surface area (Å²) in [4.78, 5) is 14.0. The van der Waals surface area contributed by atoms with Crippen LogP contribution in [0.5, 0.6) is 0 Å². The number of halogens is 2. The molecule has 24 heavy (non-hydrogen) atoms. The highest BCUT2D eigenvalue weighted by Gasteiger charge is 2.40. The number of hydrogen-bond donors (Lipinski definition) is 2. The summed E-state index contributed by atoms with van der Waals surface area (Å²) < 4.78 is 26.9. The Kier molecular flexibility index (Phi) is 3.16. The number of aromatic nitrogens is 4. The van der Waals surface area contributed by atoms with Gasteiger partial charge in [-0.05, 0) is 24.6 Å². The van der Waals surface area contributed by atoms with Crippen LogP contribution < -0.4 is 0 Å². The van der Waals surface area contributed by atoms with E-state index in [9.17, 15) is 13.6 Å². The summed E-state index contributed by atoms with van der Waals surface area (Å²) in [6.07, 6.45) is 2.92. The average molecular weight is 331 g/mol. The molecule has 0 unspecified atom stereocenters. The molecule has 1 aliphatic heterocycles. The SMILES string of the molecule is Cc1[nH]ncc1-c1cc(C(=O)N2CCC(F)(F)C2)c2cn[nH]c2c1. The lowest BCUT2D eigenvalue weighted by Gasteiger charge is -2.17. The molecule has 3 heterocycles. The van der Waals surface area contributed by atoms with Crippen molar-refractivity contribution in [1.82, 2.24) is 25.3 Å². The monoisotopic (exact) mass is 331 g/mol. The molecular formula is C16H15F2N5O. The van der Waals surface area contributed by atoms with Gasteiger partial charge in [-0.15, -0.1) is 0 Å². The zero-order valence-electron chi connectivity index (χ0n) is 12.9. The number of rotatable bonds is 2. The Hall–Kier alpha value is -2.77. The fourth-order valence-corrected chi connectivity index (χ4v) is 3.10. The maximum Gasteiger partial charge on any atom is 0.267 e. The van der Waals surface area contributed by atoms with Crippen molar-refractivity contribution in [3.05, 3.63) is 35.8 Å². The van der Waals surface area contributed by atoms with Gasteiger partial charge in [0.25, 0.3) is 11.8 Å². The van der Waals surface area contributed by atoms with Gasteiger partial charge in [-0.1, -0.05) is 0 Å². The molecule has 8 heteroatoms. The van der Waals surface area contributed by atoms with Crippen molar-refractivity contribution in [3.8, 4) is 11.1 Å². The maximum atomic E-state index is 13.5. The number of amides is 1. The molecule has 6 nitrogen and oxygen atoms in total. The summed E-state index contributed by atoms with van der Waals surface area (Å²) in [5.74, 6) is -3.22. The molecule has 0 aliphatic carbocycles. The van der Waals surface area contributed by atoms with E-state index in [1.54, 1.807) is 18.5 Å². The zero-order chi connectivity index (χ0) is 16.9. The highest BCUT2D eigenvalue weighted by Crippen LogP contribution is 2.32. The van der Waals surface area contributed by atoms with Gasteiger partial charge in [0, 0.05) is 29.6 Å². The van der Waals surface area contributed by atoms with Gasteiger partial charge in [-0.3, -0.25) is 15.0 Å². The van der Waals surface area contributed by atoms with Crippen LogP contribution in [-0.4, -0.2) is 50.2 Å². The van der Waals surface area contributed by atoms with E-state index >= 15 is 0 Å². The van der Waals surface area contributed by atoms with Gasteiger partial charge in [0.15, 0.2) is 0 Å². The first-order valence-corrected chi connectivity index (χ1v) is 7.59. The molecule has 1 aliphatic rings. The van der Waals surface area contributed by atoms with Gasteiger partial charge in [0.05, 0.1) is 30.0 Å². The van der Waals surface area contributed by atoms with Gasteiger partial charge in [-0.25, -0.2) is 8.78 Å². The molecule has 1 amide bonds. The predicted octanol–water partition coefficient (Wildman–Crippen LogP) is 2.74. The lowest BCUT2D eigenvalue weighted by Crippen LogP contribution is -2.31. The minimum Gasteiger partial charge on any atom is -0.332 e. The van der Waals surface area contributed by atoms with Gasteiger partial charge >= 0.3 is 0 Å². The minimum absolute atomic E-state index is 0.0557. The molecule has 0 radical (unpaired) electrons. The molecule has 1 aromatic carbocycles. The van der Waals surface area contributed by atoms with E-state index in [1.165, 1.54) is 4.90 Å². The van der Waals surface area contributed by atoms with E-state index in [4.69, 9.17) is 0 Å². The first kappa shape index (κ1) is 14.8. The lowest BCUT2D eigenvalue weighted by atomic mass is 10.00. The molecule has 0 saturated carbocycles. The topological polar surface area (TPSA) is 77.7 Å². The number of likely N-dealkylation sites (tertiary alicyclic amines) is 1. The Morgan fingerprint density at radius 1 is 1.25 bits per heavy atom. The third-order valence-electron chi connectivity index (χ3n) is 4.39. The van der Waals surface area contributed by atoms with E-state index in [0.717, 1.165) is 16.8 Å². The normalized spacial score (nSPS) is 16.9. The predicted molar refractivity (Wildman–Crippen MR) is 83.9 cm³/mol. The molecule has 0 atom stereocenters. The first-order valence-electron chi connectivity index (χ1n) is 7.59. The summed E-state index contributed by atoms with van der Waals surface area (Å²) in [5, 5.41) is 14.3. The number of fused-ring (bicyclic) bond motifs is 1. The van der Waals surface area contributed by atoms with Crippen LogP contribution in [0.4, 0.5) is 8.78 Å². The molecule has 0 bridgehead atoms. The third-order valence-corrected chi connectivity index (χ3v) is 4.39. The molecular weight excluding hydrogens is 316 g/mol. The number of aryl methyl sites for hydroxylation is 1. The van der Waals surface area contributed by atoms with E-state index in [-0.39, 0.29) is 13.0 Å². The number of nitrogens with zero attached hydrogens (tertiary/aromatic N) is 3. The van der Waals surface area contributed by atoms with Crippen molar-refractivity contribution >= 4 is 16.8 Å². The number of benzene rings is 1. The fourth-order valence-electron chi connectivity index (χ4n) is 3.10. The molecule has 3 aromatic rings. The second-order valence-electron chi connectivity index (χ2n) is 6.10. The zero-order valence-corrected chi connectivity index (χ0v) is 12.9. The van der Waals surface area contributed by atoms with Gasteiger partial charge in [0.1, 0.15) is 0 Å². The number of alkyl halides is 2. The van der Waals surface area contributed by atoms with Crippen molar-refractivity contribution in [1.29, 1.82) is 0 Å². The number of carbonyl (C=O) groups excluding carboxylic acids is 1. The number of hydrogen-bond acceptors (Lipinski definition) is 3. The second-order valence-corrected chi connectivity index (χ2v) is 6.10. The summed E-state index contributed by atoms with van der Waals surface area (Å²) in [7, 11) is 0. The standard InChI is InChI=1S/C16H15F2N5O/c1-9-12(6-19-21-9)10-4-11(13-7-20-22-14(13)5-10)15(24)23-3-2-16(17,18)8-23/h4-7H,2-3,8H2,1H3,(H,19,21)(H,20,22). The Morgan fingerprint density at radius 2 is 2.04 bits per heavy atom. The van der Waals surface area contributed by atoms with Crippen LogP contribution in [0.15, 0.2) is 24.5 Å². The van der Waals surface area contributed by atoms with Crippen molar-refractivity contribution < 1.29 is 13.6 Å². The van der Waals surface area contributed by atoms with Crippen LogP contribution in [-0.2, 0) is 0 Å². The van der Waals surface area contributed by atoms with E-state index < -0.39 is 18.4 Å². The smallest absolute Gasteiger partial charge is 0.267 e. The fraction of sp³-hybridized carbons (Fsp3) is 0.312. The quantitative estimate of drug-likeness (QED) is 0.758. The molecule has 124 valence electrons. The Balaban J connectivity index is 1.81. The molecule has 2 N–H and O–H groups in total. The summed E-state index contributed by atoms with van der Waals surface area (Å²) in [6, 6.07) is 3.59. The summed E-state index contributed by atoms with van der Waals surface area (Å²) >= 11 is 0. The minimum atomic E-state index is -2.82. The molecule has 2 aromatic heterocycles. The third kappa shape index (κ3) is 2.34. The van der Waals surface area contributed by atoms with Crippen LogP contribution in [0.1, 0.15) is 22.5 Å². The van der Waals surface area contributed by atoms with Crippen LogP contribution in [0.3, 0.4) is 0 Å². The largest absolute Gasteiger partial charge is 0.332 e.